The number of nitrogens with zero attached hydrogens (tertiary/aromatic N) is 1. The third-order valence-corrected chi connectivity index (χ3v) is 14.8. The van der Waals surface area contributed by atoms with E-state index in [2.05, 4.69) is 52.5 Å². The summed E-state index contributed by atoms with van der Waals surface area (Å²) in [6.45, 7) is 6.44. The molecule has 5 N–H and O–H groups in total. The predicted octanol–water partition coefficient (Wildman–Crippen LogP) is 9.97. The fourth-order valence-electron chi connectivity index (χ4n) is 11.1. The number of methoxy groups -OCH3 is 1. The van der Waals surface area contributed by atoms with Crippen molar-refractivity contribution in [3.63, 3.8) is 0 Å². The van der Waals surface area contributed by atoms with E-state index in [4.69, 9.17) is 18.6 Å². The largest absolute Gasteiger partial charge is 0.508 e. The number of fused-ring (bicyclic) bond motifs is 1. The zero-order valence-corrected chi connectivity index (χ0v) is 39.0. The van der Waals surface area contributed by atoms with Crippen molar-refractivity contribution >= 4 is 22.9 Å². The van der Waals surface area contributed by atoms with Gasteiger partial charge in [-0.2, -0.15) is 0 Å². The van der Waals surface area contributed by atoms with E-state index in [1.165, 1.54) is 75.2 Å². The van der Waals surface area contributed by atoms with E-state index < -0.39 is 6.10 Å². The van der Waals surface area contributed by atoms with Gasteiger partial charge in [0.25, 0.3) is 0 Å². The molecule has 3 fully saturated rings. The van der Waals surface area contributed by atoms with Gasteiger partial charge >= 0.3 is 0 Å². The van der Waals surface area contributed by atoms with Crippen molar-refractivity contribution in [2.75, 3.05) is 58.0 Å². The molecule has 0 amide bonds. The summed E-state index contributed by atoms with van der Waals surface area (Å²) >= 11 is 0. The Bertz CT molecular complexity index is 2710. The number of aromatic hydroxyl groups is 1. The van der Waals surface area contributed by atoms with Gasteiger partial charge in [-0.1, -0.05) is 92.9 Å². The Morgan fingerprint density at radius 2 is 1.60 bits per heavy atom. The maximum Gasteiger partial charge on any atom is 0.204 e. The maximum atomic E-state index is 14.5. The van der Waals surface area contributed by atoms with Crippen molar-refractivity contribution in [2.24, 2.45) is 5.41 Å². The fourth-order valence-corrected chi connectivity index (χ4v) is 11.1. The van der Waals surface area contributed by atoms with Crippen LogP contribution in [0, 0.1) is 5.41 Å². The lowest BCUT2D eigenvalue weighted by Gasteiger charge is -2.41. The summed E-state index contributed by atoms with van der Waals surface area (Å²) in [5.41, 5.74) is 7.49. The molecule has 67 heavy (non-hydrogen) atoms. The van der Waals surface area contributed by atoms with Crippen LogP contribution >= 0.6 is 0 Å². The van der Waals surface area contributed by atoms with Crippen molar-refractivity contribution in [2.45, 2.75) is 89.1 Å². The predicted molar refractivity (Wildman–Crippen MR) is 266 cm³/mol. The Balaban J connectivity index is 1.09. The summed E-state index contributed by atoms with van der Waals surface area (Å²) in [6, 6.07) is 28.9. The first kappa shape index (κ1) is 46.1. The number of benzene rings is 4. The summed E-state index contributed by atoms with van der Waals surface area (Å²) in [7, 11) is 1.52. The molecule has 4 aromatic carbocycles. The molecular weight excluding hydrogens is 843 g/mol. The number of nitrogens with one attached hydrogen (secondary N) is 2. The van der Waals surface area contributed by atoms with Crippen LogP contribution in [0.2, 0.25) is 0 Å². The number of piperazine rings is 1. The third kappa shape index (κ3) is 9.60. The third-order valence-electron chi connectivity index (χ3n) is 14.8. The molecule has 352 valence electrons. The van der Waals surface area contributed by atoms with Crippen LogP contribution in [0.15, 0.2) is 106 Å². The molecule has 1 saturated heterocycles. The van der Waals surface area contributed by atoms with Crippen LogP contribution in [0.25, 0.3) is 39.5 Å². The highest BCUT2D eigenvalue weighted by Gasteiger charge is 2.54. The van der Waals surface area contributed by atoms with Crippen LogP contribution in [0.3, 0.4) is 0 Å². The quantitative estimate of drug-likeness (QED) is 0.0528. The number of ether oxygens (including phenoxy) is 3. The van der Waals surface area contributed by atoms with Crippen molar-refractivity contribution in [1.29, 1.82) is 0 Å². The Morgan fingerprint density at radius 1 is 0.836 bits per heavy atom. The first-order valence-corrected chi connectivity index (χ1v) is 24.3. The highest BCUT2D eigenvalue weighted by Crippen LogP contribution is 2.62. The SMILES string of the molecule is COc1c(OCCCO)c(CCc2cccc(-c3cc([C@@]4(C)CCCC45CCCC5)[nH]c3N3CCNCC3)c2)c2oc(-c3ccc(O)cc3)cc(=O)c2c1OCC[C@@H](O)/C=C/c1ccccc1. The molecule has 0 radical (unpaired) electrons. The van der Waals surface area contributed by atoms with Crippen molar-refractivity contribution in [3.8, 4) is 45.4 Å². The fraction of sp³-hybridized carbons (Fsp3) is 0.411. The van der Waals surface area contributed by atoms with Gasteiger partial charge in [-0.05, 0) is 91.0 Å². The van der Waals surface area contributed by atoms with E-state index in [-0.39, 0.29) is 59.7 Å². The van der Waals surface area contributed by atoms with Gasteiger partial charge in [0.05, 0.1) is 26.4 Å². The zero-order valence-electron chi connectivity index (χ0n) is 39.0. The highest BCUT2D eigenvalue weighted by atomic mass is 16.5. The standard InChI is InChI=1S/C56H65N3O8/c1-55(24-9-27-56(55)25-6-7-26-56)48-36-45(54(58-48)59-30-28-57-29-31-59)41-14-8-13-39(35-41)16-22-44-50-49(46(63)37-47(67-50)40-17-20-42(61)21-18-40)52(53(64-2)51(44)65-33-10-32-60)66-34-23-43(62)19-15-38-11-4-3-5-12-38/h3-5,8,11-15,17-21,35-37,43,57-58,60-62H,6-7,9-10,16,22-34H2,1-2H3/b19-15+/t43-,55+/m0/s1. The van der Waals surface area contributed by atoms with Crippen LogP contribution in [-0.2, 0) is 18.3 Å². The van der Waals surface area contributed by atoms with Gasteiger partial charge in [0.15, 0.2) is 16.9 Å². The second kappa shape index (κ2) is 20.5. The Morgan fingerprint density at radius 3 is 2.36 bits per heavy atom. The van der Waals surface area contributed by atoms with Gasteiger partial charge in [0.2, 0.25) is 5.75 Å². The summed E-state index contributed by atoms with van der Waals surface area (Å²) in [4.78, 5) is 21.0. The van der Waals surface area contributed by atoms with Crippen molar-refractivity contribution in [1.82, 2.24) is 10.3 Å². The van der Waals surface area contributed by atoms with Crippen LogP contribution in [0.1, 0.15) is 87.1 Å². The van der Waals surface area contributed by atoms with Gasteiger partial charge in [0.1, 0.15) is 28.3 Å². The number of H-pyrrole nitrogens is 1. The second-order valence-corrected chi connectivity index (χ2v) is 18.9. The first-order chi connectivity index (χ1) is 32.7. The molecule has 2 atom stereocenters. The van der Waals surface area contributed by atoms with E-state index in [0.29, 0.717) is 52.9 Å². The van der Waals surface area contributed by atoms with Gasteiger partial charge in [-0.3, -0.25) is 4.79 Å². The molecule has 9 rings (SSSR count). The van der Waals surface area contributed by atoms with Gasteiger partial charge in [-0.25, -0.2) is 0 Å². The number of hydrogen-bond acceptors (Lipinski definition) is 10. The number of aliphatic hydroxyl groups is 2. The van der Waals surface area contributed by atoms with Gasteiger partial charge < -0.3 is 49.1 Å². The molecule has 1 aliphatic heterocycles. The highest BCUT2D eigenvalue weighted by molar-refractivity contribution is 5.93. The molecule has 2 aliphatic carbocycles. The van der Waals surface area contributed by atoms with E-state index in [1.807, 2.05) is 36.4 Å². The second-order valence-electron chi connectivity index (χ2n) is 18.9. The van der Waals surface area contributed by atoms with Crippen molar-refractivity contribution < 1.29 is 33.9 Å². The zero-order chi connectivity index (χ0) is 46.4. The minimum Gasteiger partial charge on any atom is -0.508 e. The summed E-state index contributed by atoms with van der Waals surface area (Å²) in [5.74, 6) is 2.38. The Hall–Kier alpha value is -6.01. The number of anilines is 1. The molecule has 3 heterocycles. The lowest BCUT2D eigenvalue weighted by molar-refractivity contribution is 0.173. The van der Waals surface area contributed by atoms with Gasteiger partial charge in [0, 0.05) is 79.5 Å². The number of phenolic OH excluding ortho intramolecular Hbond substituents is 1. The van der Waals surface area contributed by atoms with E-state index in [1.54, 1.807) is 30.3 Å². The number of aromatic amines is 1. The molecule has 2 saturated carbocycles. The number of aromatic nitrogens is 1. The topological polar surface area (TPSA) is 150 Å². The number of rotatable bonds is 18. The average Bonchev–Trinajstić information content (AvgIpc) is 4.11. The van der Waals surface area contributed by atoms with Gasteiger partial charge in [-0.15, -0.1) is 0 Å². The Kier molecular flexibility index (Phi) is 14.1. The van der Waals surface area contributed by atoms with E-state index in [9.17, 15) is 20.1 Å². The summed E-state index contributed by atoms with van der Waals surface area (Å²) < 4.78 is 25.7. The lowest BCUT2D eigenvalue weighted by atomic mass is 9.64. The maximum absolute atomic E-state index is 14.5. The van der Waals surface area contributed by atoms with E-state index >= 15 is 0 Å². The molecule has 11 heteroatoms. The monoisotopic (exact) mass is 907 g/mol. The Labute approximate surface area is 393 Å². The van der Waals surface area contributed by atoms with Crippen LogP contribution in [0.4, 0.5) is 5.82 Å². The van der Waals surface area contributed by atoms with E-state index in [0.717, 1.165) is 42.9 Å². The average molecular weight is 908 g/mol. The molecule has 3 aliphatic rings. The first-order valence-electron chi connectivity index (χ1n) is 24.3. The number of aryl methyl sites for hydroxylation is 2. The number of aliphatic hydroxyl groups excluding tert-OH is 2. The summed E-state index contributed by atoms with van der Waals surface area (Å²) in [6.07, 6.45) is 13.4. The smallest absolute Gasteiger partial charge is 0.204 e. The van der Waals surface area contributed by atoms with Crippen molar-refractivity contribution in [3.05, 3.63) is 130 Å². The lowest BCUT2D eigenvalue weighted by Crippen LogP contribution is -2.44. The summed E-state index contributed by atoms with van der Waals surface area (Å²) in [5, 5.41) is 34.6. The van der Waals surface area contributed by atoms with Crippen LogP contribution < -0.4 is 29.9 Å². The number of phenols is 1. The number of hydrogen-bond donors (Lipinski definition) is 5. The minimum absolute atomic E-state index is 0.0596. The molecule has 0 bridgehead atoms. The molecule has 0 unspecified atom stereocenters. The molecule has 6 aromatic rings. The molecule has 1 spiro atoms. The van der Waals surface area contributed by atoms with Crippen LogP contribution in [0.5, 0.6) is 23.0 Å². The van der Waals surface area contributed by atoms with Crippen LogP contribution in [-0.4, -0.2) is 79.5 Å². The molecular formula is C56H65N3O8. The minimum atomic E-state index is -0.814. The normalized spacial score (nSPS) is 18.6. The molecule has 11 nitrogen and oxygen atoms in total. The molecule has 2 aromatic heterocycles.